The zero-order valence-corrected chi connectivity index (χ0v) is 11.1. The Balaban J connectivity index is 2.53. The molecule has 1 rings (SSSR count). The van der Waals surface area contributed by atoms with Gasteiger partial charge in [0.25, 0.3) is 0 Å². The fourth-order valence-electron chi connectivity index (χ4n) is 1.49. The van der Waals surface area contributed by atoms with E-state index in [1.165, 1.54) is 4.90 Å². The number of hydrogen-bond donors (Lipinski definition) is 3. The van der Waals surface area contributed by atoms with Crippen molar-refractivity contribution in [1.29, 1.82) is 0 Å². The standard InChI is InChI=1S/C13H18N2O2S/c1-11(18)15(13(17)14-8-10-16)9-7-12-5-3-2-4-6-12/h2-6,16,18H,1,7-10H2,(H,14,17). The minimum atomic E-state index is -0.292. The Morgan fingerprint density at radius 3 is 2.61 bits per heavy atom. The Kier molecular flexibility index (Phi) is 6.32. The second kappa shape index (κ2) is 7.79. The quantitative estimate of drug-likeness (QED) is 0.686. The van der Waals surface area contributed by atoms with E-state index >= 15 is 0 Å². The van der Waals surface area contributed by atoms with Crippen molar-refractivity contribution in [3.8, 4) is 0 Å². The van der Waals surface area contributed by atoms with Crippen LogP contribution in [0.15, 0.2) is 41.9 Å². The van der Waals surface area contributed by atoms with Crippen LogP contribution < -0.4 is 5.32 Å². The third kappa shape index (κ3) is 4.81. The third-order valence-electron chi connectivity index (χ3n) is 2.41. The molecule has 0 saturated carbocycles. The Bertz CT molecular complexity index is 395. The van der Waals surface area contributed by atoms with Crippen molar-refractivity contribution >= 4 is 18.7 Å². The first kappa shape index (κ1) is 14.6. The van der Waals surface area contributed by atoms with Crippen LogP contribution in [0.4, 0.5) is 4.79 Å². The SMILES string of the molecule is C=C(S)N(CCc1ccccc1)C(=O)NCCO. The highest BCUT2D eigenvalue weighted by atomic mass is 32.1. The molecule has 98 valence electrons. The van der Waals surface area contributed by atoms with Crippen molar-refractivity contribution in [3.63, 3.8) is 0 Å². The van der Waals surface area contributed by atoms with E-state index in [0.717, 1.165) is 12.0 Å². The van der Waals surface area contributed by atoms with Gasteiger partial charge in [0, 0.05) is 13.1 Å². The van der Waals surface area contributed by atoms with E-state index in [2.05, 4.69) is 24.5 Å². The topological polar surface area (TPSA) is 52.6 Å². The van der Waals surface area contributed by atoms with Gasteiger partial charge in [-0.25, -0.2) is 4.79 Å². The molecule has 0 aliphatic heterocycles. The lowest BCUT2D eigenvalue weighted by molar-refractivity contribution is 0.209. The number of rotatable bonds is 6. The summed E-state index contributed by atoms with van der Waals surface area (Å²) < 4.78 is 0. The molecule has 0 aromatic heterocycles. The van der Waals surface area contributed by atoms with Gasteiger partial charge in [-0.15, -0.1) is 12.6 Å². The van der Waals surface area contributed by atoms with Crippen LogP contribution in [0.1, 0.15) is 5.56 Å². The van der Waals surface area contributed by atoms with E-state index in [0.29, 0.717) is 11.6 Å². The smallest absolute Gasteiger partial charge is 0.322 e. The first-order valence-corrected chi connectivity index (χ1v) is 6.18. The van der Waals surface area contributed by atoms with Crippen LogP contribution in [0, 0.1) is 0 Å². The van der Waals surface area contributed by atoms with Crippen LogP contribution in [0.5, 0.6) is 0 Å². The van der Waals surface area contributed by atoms with Gasteiger partial charge >= 0.3 is 6.03 Å². The molecular formula is C13H18N2O2S. The summed E-state index contributed by atoms with van der Waals surface area (Å²) in [6, 6.07) is 9.59. The molecular weight excluding hydrogens is 248 g/mol. The predicted molar refractivity (Wildman–Crippen MR) is 75.5 cm³/mol. The number of nitrogens with one attached hydrogen (secondary N) is 1. The molecule has 5 heteroatoms. The Morgan fingerprint density at radius 2 is 2.06 bits per heavy atom. The number of benzene rings is 1. The van der Waals surface area contributed by atoms with Crippen molar-refractivity contribution < 1.29 is 9.90 Å². The highest BCUT2D eigenvalue weighted by molar-refractivity contribution is 7.84. The molecule has 4 nitrogen and oxygen atoms in total. The fourth-order valence-corrected chi connectivity index (χ4v) is 1.68. The van der Waals surface area contributed by atoms with Gasteiger partial charge in [0.15, 0.2) is 0 Å². The second-order valence-electron chi connectivity index (χ2n) is 3.76. The summed E-state index contributed by atoms with van der Waals surface area (Å²) in [5, 5.41) is 11.6. The van der Waals surface area contributed by atoms with Crippen LogP contribution in [0.25, 0.3) is 0 Å². The number of thiol groups is 1. The average molecular weight is 266 g/mol. The largest absolute Gasteiger partial charge is 0.395 e. The van der Waals surface area contributed by atoms with Crippen LogP contribution in [-0.2, 0) is 6.42 Å². The van der Waals surface area contributed by atoms with Crippen LogP contribution >= 0.6 is 12.6 Å². The van der Waals surface area contributed by atoms with Gasteiger partial charge in [0.1, 0.15) is 0 Å². The summed E-state index contributed by atoms with van der Waals surface area (Å²) >= 11 is 4.11. The van der Waals surface area contributed by atoms with E-state index in [-0.39, 0.29) is 19.2 Å². The second-order valence-corrected chi connectivity index (χ2v) is 4.28. The maximum Gasteiger partial charge on any atom is 0.322 e. The third-order valence-corrected chi connectivity index (χ3v) is 2.65. The van der Waals surface area contributed by atoms with Crippen molar-refractivity contribution in [2.45, 2.75) is 6.42 Å². The van der Waals surface area contributed by atoms with Gasteiger partial charge in [0.2, 0.25) is 0 Å². The number of aliphatic hydroxyl groups is 1. The predicted octanol–water partition coefficient (Wildman–Crippen LogP) is 1.63. The molecule has 0 fully saturated rings. The normalized spacial score (nSPS) is 9.89. The summed E-state index contributed by atoms with van der Waals surface area (Å²) in [6.45, 7) is 4.31. The number of aliphatic hydroxyl groups excluding tert-OH is 1. The van der Waals surface area contributed by atoms with Gasteiger partial charge in [-0.05, 0) is 12.0 Å². The maximum atomic E-state index is 11.8. The lowest BCUT2D eigenvalue weighted by Gasteiger charge is -2.22. The molecule has 0 atom stereocenters. The zero-order chi connectivity index (χ0) is 13.4. The number of urea groups is 1. The number of carbonyl (C=O) groups excluding carboxylic acids is 1. The summed E-state index contributed by atoms with van der Waals surface area (Å²) in [7, 11) is 0. The summed E-state index contributed by atoms with van der Waals surface area (Å²) in [5.41, 5.74) is 1.15. The molecule has 0 radical (unpaired) electrons. The summed E-state index contributed by atoms with van der Waals surface area (Å²) in [4.78, 5) is 13.2. The molecule has 0 unspecified atom stereocenters. The minimum Gasteiger partial charge on any atom is -0.395 e. The molecule has 0 aliphatic rings. The maximum absolute atomic E-state index is 11.8. The van der Waals surface area contributed by atoms with Crippen LogP contribution in [-0.4, -0.2) is 35.7 Å². The van der Waals surface area contributed by atoms with Crippen LogP contribution in [0.3, 0.4) is 0 Å². The molecule has 0 heterocycles. The van der Waals surface area contributed by atoms with Gasteiger partial charge in [0.05, 0.1) is 11.6 Å². The zero-order valence-electron chi connectivity index (χ0n) is 10.2. The lowest BCUT2D eigenvalue weighted by atomic mass is 10.1. The highest BCUT2D eigenvalue weighted by Crippen LogP contribution is 2.09. The molecule has 2 amide bonds. The van der Waals surface area contributed by atoms with Crippen molar-refractivity contribution in [1.82, 2.24) is 10.2 Å². The molecule has 0 saturated heterocycles. The minimum absolute atomic E-state index is 0.0860. The molecule has 2 N–H and O–H groups in total. The van der Waals surface area contributed by atoms with Gasteiger partial charge in [-0.3, -0.25) is 4.90 Å². The summed E-state index contributed by atoms with van der Waals surface area (Å²) in [5.74, 6) is 0. The lowest BCUT2D eigenvalue weighted by Crippen LogP contribution is -2.40. The van der Waals surface area contributed by atoms with Crippen molar-refractivity contribution in [2.75, 3.05) is 19.7 Å². The molecule has 0 aliphatic carbocycles. The van der Waals surface area contributed by atoms with Crippen molar-refractivity contribution in [2.24, 2.45) is 0 Å². The van der Waals surface area contributed by atoms with E-state index in [4.69, 9.17) is 5.11 Å². The molecule has 1 aromatic carbocycles. The molecule has 1 aromatic rings. The highest BCUT2D eigenvalue weighted by Gasteiger charge is 2.13. The molecule has 0 bridgehead atoms. The number of carbonyl (C=O) groups is 1. The number of nitrogens with zero attached hydrogens (tertiary/aromatic N) is 1. The van der Waals surface area contributed by atoms with E-state index in [1.54, 1.807) is 0 Å². The fraction of sp³-hybridized carbons (Fsp3) is 0.308. The first-order valence-electron chi connectivity index (χ1n) is 5.73. The van der Waals surface area contributed by atoms with E-state index < -0.39 is 0 Å². The number of hydrogen-bond acceptors (Lipinski definition) is 3. The first-order chi connectivity index (χ1) is 8.65. The van der Waals surface area contributed by atoms with Crippen molar-refractivity contribution in [3.05, 3.63) is 47.5 Å². The monoisotopic (exact) mass is 266 g/mol. The van der Waals surface area contributed by atoms with E-state index in [1.807, 2.05) is 30.3 Å². The van der Waals surface area contributed by atoms with E-state index in [9.17, 15) is 4.79 Å². The summed E-state index contributed by atoms with van der Waals surface area (Å²) in [6.07, 6.45) is 0.729. The van der Waals surface area contributed by atoms with Gasteiger partial charge in [-0.1, -0.05) is 36.9 Å². The Morgan fingerprint density at radius 1 is 1.39 bits per heavy atom. The van der Waals surface area contributed by atoms with Gasteiger partial charge in [-0.2, -0.15) is 0 Å². The average Bonchev–Trinajstić information content (AvgIpc) is 2.37. The molecule has 0 spiro atoms. The van der Waals surface area contributed by atoms with Gasteiger partial charge < -0.3 is 10.4 Å². The number of amides is 2. The van der Waals surface area contributed by atoms with Crippen LogP contribution in [0.2, 0.25) is 0 Å². The Labute approximate surface area is 113 Å². The Hall–Kier alpha value is -1.46. The molecule has 18 heavy (non-hydrogen) atoms.